The van der Waals surface area contributed by atoms with Gasteiger partial charge in [-0.25, -0.2) is 4.79 Å². The fourth-order valence-electron chi connectivity index (χ4n) is 1.45. The van der Waals surface area contributed by atoms with E-state index in [9.17, 15) is 14.4 Å². The molecule has 0 aliphatic heterocycles. The van der Waals surface area contributed by atoms with Gasteiger partial charge < -0.3 is 15.2 Å². The molecule has 0 unspecified atom stereocenters. The van der Waals surface area contributed by atoms with E-state index in [1.165, 1.54) is 0 Å². The zero-order valence-electron chi connectivity index (χ0n) is 10.2. The highest BCUT2D eigenvalue weighted by molar-refractivity contribution is 5.79. The van der Waals surface area contributed by atoms with Gasteiger partial charge >= 0.3 is 11.9 Å². The highest BCUT2D eigenvalue weighted by Crippen LogP contribution is 2.04. The number of carbonyl (C=O) groups is 3. The van der Waals surface area contributed by atoms with E-state index in [-0.39, 0.29) is 19.4 Å². The lowest BCUT2D eigenvalue weighted by molar-refractivity contribution is -0.148. The van der Waals surface area contributed by atoms with Crippen molar-refractivity contribution in [2.75, 3.05) is 0 Å². The van der Waals surface area contributed by atoms with Gasteiger partial charge in [-0.1, -0.05) is 30.3 Å². The number of benzene rings is 1. The number of hydrogen-bond acceptors (Lipinski definition) is 4. The van der Waals surface area contributed by atoms with Crippen LogP contribution in [0, 0.1) is 0 Å². The molecule has 0 radical (unpaired) electrons. The summed E-state index contributed by atoms with van der Waals surface area (Å²) < 4.78 is 5.02. The number of carbonyl (C=O) groups excluding carboxylic acids is 2. The van der Waals surface area contributed by atoms with Crippen LogP contribution in [0.4, 0.5) is 0 Å². The molecule has 1 amide bonds. The summed E-state index contributed by atoms with van der Waals surface area (Å²) >= 11 is 0. The minimum Gasteiger partial charge on any atom is -0.481 e. The fourth-order valence-corrected chi connectivity index (χ4v) is 1.45. The molecule has 1 aromatic rings. The standard InChI is InChI=1S/C13H15NO5/c15-9-14-11(6-7-12(16)17)13(18)19-8-10-4-2-1-3-5-10/h1-5,9,11H,6-8H2,(H,14,15)(H,16,17)/t11-/m0/s1. The van der Waals surface area contributed by atoms with Crippen molar-refractivity contribution in [3.8, 4) is 0 Å². The molecule has 102 valence electrons. The summed E-state index contributed by atoms with van der Waals surface area (Å²) in [4.78, 5) is 32.5. The van der Waals surface area contributed by atoms with Crippen molar-refractivity contribution in [1.82, 2.24) is 5.32 Å². The smallest absolute Gasteiger partial charge is 0.328 e. The maximum atomic E-state index is 11.7. The summed E-state index contributed by atoms with van der Waals surface area (Å²) in [6, 6.07) is 8.13. The first kappa shape index (κ1) is 14.7. The number of ether oxygens (including phenoxy) is 1. The van der Waals surface area contributed by atoms with Crippen LogP contribution < -0.4 is 5.32 Å². The van der Waals surface area contributed by atoms with Crippen molar-refractivity contribution in [3.05, 3.63) is 35.9 Å². The van der Waals surface area contributed by atoms with Gasteiger partial charge in [0.1, 0.15) is 12.6 Å². The Morgan fingerprint density at radius 1 is 1.32 bits per heavy atom. The molecule has 0 saturated heterocycles. The van der Waals surface area contributed by atoms with Crippen LogP contribution in [0.3, 0.4) is 0 Å². The van der Waals surface area contributed by atoms with Gasteiger partial charge in [0.2, 0.25) is 6.41 Å². The maximum Gasteiger partial charge on any atom is 0.328 e. The number of carboxylic acid groups (broad SMARTS) is 1. The Morgan fingerprint density at radius 2 is 2.00 bits per heavy atom. The number of nitrogens with one attached hydrogen (secondary N) is 1. The third-order valence-electron chi connectivity index (χ3n) is 2.42. The van der Waals surface area contributed by atoms with Gasteiger partial charge in [0.05, 0.1) is 0 Å². The number of esters is 1. The van der Waals surface area contributed by atoms with Crippen molar-refractivity contribution in [3.63, 3.8) is 0 Å². The zero-order valence-corrected chi connectivity index (χ0v) is 10.2. The molecule has 6 nitrogen and oxygen atoms in total. The second kappa shape index (κ2) is 7.86. The maximum absolute atomic E-state index is 11.7. The molecule has 0 aliphatic rings. The Morgan fingerprint density at radius 3 is 2.58 bits per heavy atom. The highest BCUT2D eigenvalue weighted by atomic mass is 16.5. The van der Waals surface area contributed by atoms with Gasteiger partial charge in [0.25, 0.3) is 0 Å². The Balaban J connectivity index is 2.47. The number of amides is 1. The van der Waals surface area contributed by atoms with E-state index >= 15 is 0 Å². The monoisotopic (exact) mass is 265 g/mol. The quantitative estimate of drug-likeness (QED) is 0.533. The van der Waals surface area contributed by atoms with E-state index in [0.29, 0.717) is 6.41 Å². The molecule has 0 bridgehead atoms. The molecular formula is C13H15NO5. The first-order valence-corrected chi connectivity index (χ1v) is 5.75. The Bertz CT molecular complexity index is 432. The van der Waals surface area contributed by atoms with Crippen LogP contribution in [0.2, 0.25) is 0 Å². The summed E-state index contributed by atoms with van der Waals surface area (Å²) in [5, 5.41) is 10.8. The lowest BCUT2D eigenvalue weighted by Gasteiger charge is -2.14. The highest BCUT2D eigenvalue weighted by Gasteiger charge is 2.20. The van der Waals surface area contributed by atoms with Gasteiger partial charge in [-0.2, -0.15) is 0 Å². The molecular weight excluding hydrogens is 250 g/mol. The first-order chi connectivity index (χ1) is 9.13. The lowest BCUT2D eigenvalue weighted by Crippen LogP contribution is -2.37. The minimum absolute atomic E-state index is 0.00168. The van der Waals surface area contributed by atoms with Gasteiger partial charge in [-0.15, -0.1) is 0 Å². The van der Waals surface area contributed by atoms with E-state index in [1.807, 2.05) is 18.2 Å². The van der Waals surface area contributed by atoms with E-state index in [2.05, 4.69) is 5.32 Å². The second-order valence-electron chi connectivity index (χ2n) is 3.86. The molecule has 0 saturated carbocycles. The number of rotatable bonds is 8. The van der Waals surface area contributed by atoms with Gasteiger partial charge in [0.15, 0.2) is 0 Å². The Hall–Kier alpha value is -2.37. The van der Waals surface area contributed by atoms with Gasteiger partial charge in [0, 0.05) is 6.42 Å². The third-order valence-corrected chi connectivity index (χ3v) is 2.42. The summed E-state index contributed by atoms with van der Waals surface area (Å²) in [7, 11) is 0. The number of carboxylic acids is 1. The number of hydrogen-bond donors (Lipinski definition) is 2. The van der Waals surface area contributed by atoms with E-state index in [1.54, 1.807) is 12.1 Å². The molecule has 2 N–H and O–H groups in total. The predicted molar refractivity (Wildman–Crippen MR) is 66.1 cm³/mol. The van der Waals surface area contributed by atoms with E-state index < -0.39 is 18.0 Å². The van der Waals surface area contributed by atoms with Crippen molar-refractivity contribution < 1.29 is 24.2 Å². The van der Waals surface area contributed by atoms with Crippen LogP contribution in [-0.2, 0) is 25.7 Å². The molecule has 0 fully saturated rings. The van der Waals surface area contributed by atoms with Crippen LogP contribution >= 0.6 is 0 Å². The van der Waals surface area contributed by atoms with Crippen molar-refractivity contribution in [2.24, 2.45) is 0 Å². The largest absolute Gasteiger partial charge is 0.481 e. The Kier molecular flexibility index (Phi) is 6.08. The summed E-state index contributed by atoms with van der Waals surface area (Å²) in [6.07, 6.45) is 0.143. The van der Waals surface area contributed by atoms with Gasteiger partial charge in [-0.05, 0) is 12.0 Å². The Labute approximate surface area is 110 Å². The molecule has 0 heterocycles. The van der Waals surface area contributed by atoms with Crippen molar-refractivity contribution in [2.45, 2.75) is 25.5 Å². The molecule has 0 aromatic heterocycles. The van der Waals surface area contributed by atoms with Crippen LogP contribution in [-0.4, -0.2) is 29.5 Å². The molecule has 19 heavy (non-hydrogen) atoms. The topological polar surface area (TPSA) is 92.7 Å². The summed E-state index contributed by atoms with van der Waals surface area (Å²) in [5.74, 6) is -1.68. The SMILES string of the molecule is O=CN[C@@H](CCC(=O)O)C(=O)OCc1ccccc1. The molecule has 0 aliphatic carbocycles. The van der Waals surface area contributed by atoms with E-state index in [4.69, 9.17) is 9.84 Å². The lowest BCUT2D eigenvalue weighted by atomic mass is 10.1. The van der Waals surface area contributed by atoms with E-state index in [0.717, 1.165) is 5.56 Å². The summed E-state index contributed by atoms with van der Waals surface area (Å²) in [6.45, 7) is 0.0871. The van der Waals surface area contributed by atoms with Crippen LogP contribution in [0.5, 0.6) is 0 Å². The third kappa shape index (κ3) is 5.67. The average molecular weight is 265 g/mol. The fraction of sp³-hybridized carbons (Fsp3) is 0.308. The van der Waals surface area contributed by atoms with Crippen LogP contribution in [0.25, 0.3) is 0 Å². The normalized spacial score (nSPS) is 11.4. The molecule has 1 aromatic carbocycles. The zero-order chi connectivity index (χ0) is 14.1. The second-order valence-corrected chi connectivity index (χ2v) is 3.86. The van der Waals surface area contributed by atoms with Gasteiger partial charge in [-0.3, -0.25) is 9.59 Å². The van der Waals surface area contributed by atoms with Crippen LogP contribution in [0.15, 0.2) is 30.3 Å². The average Bonchev–Trinajstić information content (AvgIpc) is 2.41. The van der Waals surface area contributed by atoms with Crippen molar-refractivity contribution in [1.29, 1.82) is 0 Å². The number of aliphatic carboxylic acids is 1. The molecule has 0 spiro atoms. The minimum atomic E-state index is -1.03. The first-order valence-electron chi connectivity index (χ1n) is 5.75. The molecule has 1 rings (SSSR count). The summed E-state index contributed by atoms with van der Waals surface area (Å²) in [5.41, 5.74) is 0.818. The van der Waals surface area contributed by atoms with Crippen molar-refractivity contribution >= 4 is 18.3 Å². The van der Waals surface area contributed by atoms with Crippen LogP contribution in [0.1, 0.15) is 18.4 Å². The molecule has 6 heteroatoms. The molecule has 1 atom stereocenters. The predicted octanol–water partition coefficient (Wildman–Crippen LogP) is 0.709.